The Balaban J connectivity index is 2.75. The molecule has 1 aromatic carbocycles. The second-order valence-corrected chi connectivity index (χ2v) is 7.04. The number of hydrogen-bond donors (Lipinski definition) is 1. The van der Waals surface area contributed by atoms with Gasteiger partial charge in [0.1, 0.15) is 0 Å². The molecule has 5 nitrogen and oxygen atoms in total. The number of amides is 1. The lowest BCUT2D eigenvalue weighted by atomic mass is 10.3. The van der Waals surface area contributed by atoms with Crippen LogP contribution >= 0.6 is 10.7 Å². The number of nitrogens with one attached hydrogen (secondary N) is 1. The third kappa shape index (κ3) is 5.47. The van der Waals surface area contributed by atoms with Crippen molar-refractivity contribution in [2.24, 2.45) is 0 Å². The minimum atomic E-state index is -4.24. The van der Waals surface area contributed by atoms with Crippen LogP contribution in [0, 0.1) is 11.6 Å². The SMILES string of the molecule is CC(C)NC(=O)CCOc1c(F)cc(S(=O)(=O)Cl)cc1F. The summed E-state index contributed by atoms with van der Waals surface area (Å²) < 4.78 is 54.0. The quantitative estimate of drug-likeness (QED) is 0.805. The fraction of sp³-hybridized carbons (Fsp3) is 0.417. The highest BCUT2D eigenvalue weighted by Crippen LogP contribution is 2.27. The fourth-order valence-electron chi connectivity index (χ4n) is 1.46. The molecule has 0 bridgehead atoms. The zero-order valence-electron chi connectivity index (χ0n) is 11.3. The average molecular weight is 342 g/mol. The molecule has 0 aromatic heterocycles. The second kappa shape index (κ2) is 7.04. The van der Waals surface area contributed by atoms with E-state index < -0.39 is 31.3 Å². The second-order valence-electron chi connectivity index (χ2n) is 4.47. The first-order valence-electron chi connectivity index (χ1n) is 5.97. The molecule has 0 saturated carbocycles. The van der Waals surface area contributed by atoms with Crippen LogP contribution in [0.1, 0.15) is 20.3 Å². The number of halogens is 3. The Bertz CT molecular complexity index is 611. The van der Waals surface area contributed by atoms with Gasteiger partial charge in [0.05, 0.1) is 17.9 Å². The number of carbonyl (C=O) groups excluding carboxylic acids is 1. The first-order chi connectivity index (χ1) is 9.61. The maximum atomic E-state index is 13.6. The average Bonchev–Trinajstić information content (AvgIpc) is 2.30. The molecular weight excluding hydrogens is 328 g/mol. The van der Waals surface area contributed by atoms with Gasteiger partial charge in [0.2, 0.25) is 5.91 Å². The van der Waals surface area contributed by atoms with E-state index in [1.165, 1.54) is 0 Å². The van der Waals surface area contributed by atoms with Crippen LogP contribution in [0.5, 0.6) is 5.75 Å². The lowest BCUT2D eigenvalue weighted by Gasteiger charge is -2.11. The van der Waals surface area contributed by atoms with Gasteiger partial charge in [-0.25, -0.2) is 17.2 Å². The van der Waals surface area contributed by atoms with Gasteiger partial charge in [-0.1, -0.05) is 0 Å². The summed E-state index contributed by atoms with van der Waals surface area (Å²) in [6.07, 6.45) is -0.0907. The van der Waals surface area contributed by atoms with Gasteiger partial charge < -0.3 is 10.1 Å². The Morgan fingerprint density at radius 1 is 1.33 bits per heavy atom. The maximum Gasteiger partial charge on any atom is 0.261 e. The van der Waals surface area contributed by atoms with Crippen molar-refractivity contribution in [3.8, 4) is 5.75 Å². The normalized spacial score (nSPS) is 11.5. The first kappa shape index (κ1) is 17.6. The Labute approximate surface area is 125 Å². The number of hydrogen-bond acceptors (Lipinski definition) is 4. The minimum Gasteiger partial charge on any atom is -0.487 e. The van der Waals surface area contributed by atoms with E-state index in [0.29, 0.717) is 12.1 Å². The predicted octanol–water partition coefficient (Wildman–Crippen LogP) is 2.19. The molecule has 0 heterocycles. The van der Waals surface area contributed by atoms with Crippen LogP contribution in [-0.4, -0.2) is 27.0 Å². The smallest absolute Gasteiger partial charge is 0.261 e. The fourth-order valence-corrected chi connectivity index (χ4v) is 2.21. The topological polar surface area (TPSA) is 72.5 Å². The van der Waals surface area contributed by atoms with Gasteiger partial charge in [0.15, 0.2) is 17.4 Å². The number of ether oxygens (including phenoxy) is 1. The highest BCUT2D eigenvalue weighted by atomic mass is 35.7. The van der Waals surface area contributed by atoms with Gasteiger partial charge >= 0.3 is 0 Å². The summed E-state index contributed by atoms with van der Waals surface area (Å²) in [6.45, 7) is 3.28. The monoisotopic (exact) mass is 341 g/mol. The van der Waals surface area contributed by atoms with Crippen molar-refractivity contribution in [1.82, 2.24) is 5.32 Å². The van der Waals surface area contributed by atoms with E-state index in [1.54, 1.807) is 13.8 Å². The van der Waals surface area contributed by atoms with Crippen molar-refractivity contribution in [2.75, 3.05) is 6.61 Å². The van der Waals surface area contributed by atoms with E-state index in [4.69, 9.17) is 15.4 Å². The Hall–Kier alpha value is -1.41. The summed E-state index contributed by atoms with van der Waals surface area (Å²) in [6, 6.07) is 1.04. The molecular formula is C12H14ClF2NO4S. The minimum absolute atomic E-state index is 0.0563. The molecule has 0 aliphatic rings. The van der Waals surface area contributed by atoms with E-state index in [2.05, 4.69) is 5.32 Å². The van der Waals surface area contributed by atoms with Gasteiger partial charge in [-0.3, -0.25) is 4.79 Å². The van der Waals surface area contributed by atoms with Crippen LogP contribution in [0.3, 0.4) is 0 Å². The Morgan fingerprint density at radius 2 is 1.86 bits per heavy atom. The Morgan fingerprint density at radius 3 is 2.29 bits per heavy atom. The van der Waals surface area contributed by atoms with Crippen molar-refractivity contribution in [2.45, 2.75) is 31.2 Å². The molecule has 0 spiro atoms. The molecule has 1 amide bonds. The molecule has 1 aromatic rings. The van der Waals surface area contributed by atoms with E-state index in [-0.39, 0.29) is 25.0 Å². The van der Waals surface area contributed by atoms with Crippen molar-refractivity contribution in [1.29, 1.82) is 0 Å². The summed E-state index contributed by atoms with van der Waals surface area (Å²) >= 11 is 0. The van der Waals surface area contributed by atoms with Gasteiger partial charge in [0.25, 0.3) is 9.05 Å². The molecule has 0 unspecified atom stereocenters. The van der Waals surface area contributed by atoms with Crippen molar-refractivity contribution in [3.05, 3.63) is 23.8 Å². The molecule has 0 aliphatic heterocycles. The van der Waals surface area contributed by atoms with Gasteiger partial charge in [-0.15, -0.1) is 0 Å². The van der Waals surface area contributed by atoms with Crippen LogP contribution in [0.15, 0.2) is 17.0 Å². The zero-order chi connectivity index (χ0) is 16.2. The molecule has 0 saturated heterocycles. The van der Waals surface area contributed by atoms with Crippen molar-refractivity contribution >= 4 is 25.6 Å². The summed E-state index contributed by atoms with van der Waals surface area (Å²) in [5, 5.41) is 2.58. The van der Waals surface area contributed by atoms with E-state index in [1.807, 2.05) is 0 Å². The summed E-state index contributed by atoms with van der Waals surface area (Å²) in [5.41, 5.74) is 0. The third-order valence-corrected chi connectivity index (χ3v) is 3.61. The van der Waals surface area contributed by atoms with E-state index >= 15 is 0 Å². The summed E-state index contributed by atoms with van der Waals surface area (Å²) in [7, 11) is 0.755. The largest absolute Gasteiger partial charge is 0.487 e. The molecule has 1 N–H and O–H groups in total. The lowest BCUT2D eigenvalue weighted by Crippen LogP contribution is -2.31. The van der Waals surface area contributed by atoms with Gasteiger partial charge in [-0.05, 0) is 26.0 Å². The molecule has 1 rings (SSSR count). The lowest BCUT2D eigenvalue weighted by molar-refractivity contribution is -0.122. The van der Waals surface area contributed by atoms with Crippen LogP contribution < -0.4 is 10.1 Å². The van der Waals surface area contributed by atoms with Gasteiger partial charge in [-0.2, -0.15) is 0 Å². The molecule has 0 fully saturated rings. The number of carbonyl (C=O) groups is 1. The highest BCUT2D eigenvalue weighted by molar-refractivity contribution is 8.13. The zero-order valence-corrected chi connectivity index (χ0v) is 12.9. The van der Waals surface area contributed by atoms with E-state index in [9.17, 15) is 22.0 Å². The third-order valence-electron chi connectivity index (χ3n) is 2.28. The van der Waals surface area contributed by atoms with Gasteiger partial charge in [0, 0.05) is 16.7 Å². The molecule has 0 atom stereocenters. The highest BCUT2D eigenvalue weighted by Gasteiger charge is 2.19. The summed E-state index contributed by atoms with van der Waals surface area (Å²) in [5.74, 6) is -3.50. The number of rotatable bonds is 6. The Kier molecular flexibility index (Phi) is 5.91. The van der Waals surface area contributed by atoms with Crippen molar-refractivity contribution < 1.29 is 26.7 Å². The molecule has 9 heteroatoms. The number of benzene rings is 1. The standard InChI is InChI=1S/C12H14ClF2NO4S/c1-7(2)16-11(17)3-4-20-12-9(14)5-8(6-10(12)15)21(13,18)19/h5-7H,3-4H2,1-2H3,(H,16,17). The van der Waals surface area contributed by atoms with Crippen LogP contribution in [0.4, 0.5) is 8.78 Å². The van der Waals surface area contributed by atoms with E-state index in [0.717, 1.165) is 0 Å². The summed E-state index contributed by atoms with van der Waals surface area (Å²) in [4.78, 5) is 10.6. The van der Waals surface area contributed by atoms with Crippen LogP contribution in [0.2, 0.25) is 0 Å². The first-order valence-corrected chi connectivity index (χ1v) is 8.28. The molecule has 0 aliphatic carbocycles. The predicted molar refractivity (Wildman–Crippen MR) is 72.8 cm³/mol. The molecule has 21 heavy (non-hydrogen) atoms. The molecule has 0 radical (unpaired) electrons. The van der Waals surface area contributed by atoms with Crippen molar-refractivity contribution in [3.63, 3.8) is 0 Å². The molecule has 118 valence electrons. The van der Waals surface area contributed by atoms with Crippen LogP contribution in [-0.2, 0) is 13.8 Å². The van der Waals surface area contributed by atoms with Crippen LogP contribution in [0.25, 0.3) is 0 Å². The maximum absolute atomic E-state index is 13.6.